The third kappa shape index (κ3) is 2.73. The molecule has 6 nitrogen and oxygen atoms in total. The molecule has 116 valence electrons. The van der Waals surface area contributed by atoms with Crippen molar-refractivity contribution in [3.05, 3.63) is 23.8 Å². The van der Waals surface area contributed by atoms with Crippen LogP contribution in [-0.2, 0) is 16.1 Å². The maximum Gasteiger partial charge on any atom is 0.231 e. The van der Waals surface area contributed by atoms with Gasteiger partial charge >= 0.3 is 0 Å². The van der Waals surface area contributed by atoms with Crippen LogP contribution in [0.2, 0.25) is 0 Å². The minimum absolute atomic E-state index is 0.0331. The highest BCUT2D eigenvalue weighted by atomic mass is 16.7. The molecule has 1 aliphatic heterocycles. The first-order valence-electron chi connectivity index (χ1n) is 7.67. The van der Waals surface area contributed by atoms with E-state index < -0.39 is 0 Å². The fraction of sp³-hybridized carbons (Fsp3) is 0.500. The minimum Gasteiger partial charge on any atom is -0.454 e. The zero-order valence-corrected chi connectivity index (χ0v) is 12.1. The molecule has 2 aliphatic carbocycles. The maximum atomic E-state index is 12.1. The molecule has 2 unspecified atom stereocenters. The van der Waals surface area contributed by atoms with Gasteiger partial charge < -0.3 is 20.1 Å². The monoisotopic (exact) mass is 302 g/mol. The predicted octanol–water partition coefficient (Wildman–Crippen LogP) is 0.946. The number of nitrogens with one attached hydrogen (secondary N) is 2. The molecule has 2 saturated carbocycles. The molecular weight excluding hydrogens is 284 g/mol. The van der Waals surface area contributed by atoms with Crippen molar-refractivity contribution in [3.8, 4) is 11.5 Å². The van der Waals surface area contributed by atoms with Crippen LogP contribution in [0, 0.1) is 11.8 Å². The standard InChI is InChI=1S/C16H18N2O4/c19-15(11-6-12(11)16(20)18-10-2-3-10)17-7-9-1-4-13-14(5-9)22-8-21-13/h1,4-5,10-12H,2-3,6-8H2,(H,17,19)(H,18,20). The molecular formula is C16H18N2O4. The molecule has 1 heterocycles. The normalized spacial score (nSPS) is 24.7. The van der Waals surface area contributed by atoms with Crippen LogP contribution >= 0.6 is 0 Å². The largest absolute Gasteiger partial charge is 0.454 e. The summed E-state index contributed by atoms with van der Waals surface area (Å²) in [5.74, 6) is 1.11. The molecule has 2 fully saturated rings. The number of amides is 2. The number of hydrogen-bond donors (Lipinski definition) is 2. The van der Waals surface area contributed by atoms with Crippen LogP contribution in [0.25, 0.3) is 0 Å². The number of ether oxygens (including phenoxy) is 2. The van der Waals surface area contributed by atoms with E-state index in [1.807, 2.05) is 18.2 Å². The molecule has 0 radical (unpaired) electrons. The average molecular weight is 302 g/mol. The van der Waals surface area contributed by atoms with E-state index in [1.54, 1.807) is 0 Å². The second-order valence-electron chi connectivity index (χ2n) is 6.14. The van der Waals surface area contributed by atoms with Gasteiger partial charge in [0.25, 0.3) is 0 Å². The van der Waals surface area contributed by atoms with Gasteiger partial charge in [-0.3, -0.25) is 9.59 Å². The summed E-state index contributed by atoms with van der Waals surface area (Å²) in [6.45, 7) is 0.675. The molecule has 0 bridgehead atoms. The Hall–Kier alpha value is -2.24. The molecule has 0 saturated heterocycles. The third-order valence-corrected chi connectivity index (χ3v) is 4.29. The van der Waals surface area contributed by atoms with Gasteiger partial charge in [0.1, 0.15) is 0 Å². The molecule has 3 aliphatic rings. The van der Waals surface area contributed by atoms with Crippen molar-refractivity contribution in [3.63, 3.8) is 0 Å². The van der Waals surface area contributed by atoms with Crippen molar-refractivity contribution in [2.45, 2.75) is 31.8 Å². The quantitative estimate of drug-likeness (QED) is 0.849. The molecule has 6 heteroatoms. The van der Waals surface area contributed by atoms with Gasteiger partial charge in [-0.1, -0.05) is 6.07 Å². The van der Waals surface area contributed by atoms with E-state index in [2.05, 4.69) is 10.6 Å². The lowest BCUT2D eigenvalue weighted by atomic mass is 10.2. The lowest BCUT2D eigenvalue weighted by Gasteiger charge is -2.06. The summed E-state index contributed by atoms with van der Waals surface area (Å²) in [6.07, 6.45) is 2.80. The minimum atomic E-state index is -0.173. The van der Waals surface area contributed by atoms with Crippen molar-refractivity contribution in [2.24, 2.45) is 11.8 Å². The second-order valence-corrected chi connectivity index (χ2v) is 6.14. The zero-order valence-electron chi connectivity index (χ0n) is 12.1. The number of carbonyl (C=O) groups excluding carboxylic acids is 2. The fourth-order valence-corrected chi connectivity index (χ4v) is 2.68. The van der Waals surface area contributed by atoms with Gasteiger partial charge in [-0.15, -0.1) is 0 Å². The molecule has 0 aromatic heterocycles. The van der Waals surface area contributed by atoms with E-state index in [4.69, 9.17) is 9.47 Å². The summed E-state index contributed by atoms with van der Waals surface area (Å²) in [5, 5.41) is 5.84. The highest BCUT2D eigenvalue weighted by molar-refractivity contribution is 5.92. The summed E-state index contributed by atoms with van der Waals surface area (Å²) >= 11 is 0. The summed E-state index contributed by atoms with van der Waals surface area (Å²) in [5.41, 5.74) is 0.956. The SMILES string of the molecule is O=C(NCc1ccc2c(c1)OCO2)C1CC1C(=O)NC1CC1. The Morgan fingerprint density at radius 3 is 2.68 bits per heavy atom. The second kappa shape index (κ2) is 5.19. The van der Waals surface area contributed by atoms with E-state index in [0.717, 1.165) is 24.2 Å². The Labute approximate surface area is 128 Å². The Kier molecular flexibility index (Phi) is 3.17. The van der Waals surface area contributed by atoms with Crippen molar-refractivity contribution >= 4 is 11.8 Å². The van der Waals surface area contributed by atoms with Gasteiger partial charge in [0, 0.05) is 12.6 Å². The van der Waals surface area contributed by atoms with Crippen LogP contribution in [-0.4, -0.2) is 24.6 Å². The van der Waals surface area contributed by atoms with Crippen molar-refractivity contribution in [1.82, 2.24) is 10.6 Å². The van der Waals surface area contributed by atoms with Gasteiger partial charge in [0.15, 0.2) is 11.5 Å². The first-order valence-corrected chi connectivity index (χ1v) is 7.67. The van der Waals surface area contributed by atoms with E-state index in [1.165, 1.54) is 0 Å². The van der Waals surface area contributed by atoms with Crippen molar-refractivity contribution in [1.29, 1.82) is 0 Å². The summed E-state index contributed by atoms with van der Waals surface area (Å²) in [4.78, 5) is 23.9. The zero-order chi connectivity index (χ0) is 15.1. The Morgan fingerprint density at radius 2 is 1.86 bits per heavy atom. The Balaban J connectivity index is 1.27. The van der Waals surface area contributed by atoms with Crippen LogP contribution in [0.15, 0.2) is 18.2 Å². The number of carbonyl (C=O) groups is 2. The van der Waals surface area contributed by atoms with Crippen molar-refractivity contribution in [2.75, 3.05) is 6.79 Å². The van der Waals surface area contributed by atoms with E-state index in [9.17, 15) is 9.59 Å². The molecule has 1 aromatic rings. The third-order valence-electron chi connectivity index (χ3n) is 4.29. The number of rotatable bonds is 5. The van der Waals surface area contributed by atoms with Crippen LogP contribution in [0.4, 0.5) is 0 Å². The van der Waals surface area contributed by atoms with E-state index in [0.29, 0.717) is 24.8 Å². The first kappa shape index (κ1) is 13.4. The molecule has 2 atom stereocenters. The summed E-state index contributed by atoms with van der Waals surface area (Å²) in [7, 11) is 0. The maximum absolute atomic E-state index is 12.1. The molecule has 22 heavy (non-hydrogen) atoms. The van der Waals surface area contributed by atoms with Crippen LogP contribution in [0.3, 0.4) is 0 Å². The Morgan fingerprint density at radius 1 is 1.09 bits per heavy atom. The molecule has 4 rings (SSSR count). The molecule has 1 aromatic carbocycles. The van der Waals surface area contributed by atoms with Gasteiger partial charge in [0.05, 0.1) is 11.8 Å². The number of fused-ring (bicyclic) bond motifs is 1. The van der Waals surface area contributed by atoms with Crippen LogP contribution in [0.5, 0.6) is 11.5 Å². The van der Waals surface area contributed by atoms with Crippen molar-refractivity contribution < 1.29 is 19.1 Å². The first-order chi connectivity index (χ1) is 10.7. The average Bonchev–Trinajstić information content (AvgIpc) is 3.42. The number of hydrogen-bond acceptors (Lipinski definition) is 4. The lowest BCUT2D eigenvalue weighted by Crippen LogP contribution is -2.31. The number of benzene rings is 1. The topological polar surface area (TPSA) is 76.7 Å². The van der Waals surface area contributed by atoms with Gasteiger partial charge in [-0.25, -0.2) is 0 Å². The molecule has 0 spiro atoms. The summed E-state index contributed by atoms with van der Waals surface area (Å²) in [6, 6.07) is 5.96. The van der Waals surface area contributed by atoms with Gasteiger partial charge in [0.2, 0.25) is 18.6 Å². The fourth-order valence-electron chi connectivity index (χ4n) is 2.68. The van der Waals surface area contributed by atoms with E-state index >= 15 is 0 Å². The van der Waals surface area contributed by atoms with E-state index in [-0.39, 0.29) is 30.4 Å². The molecule has 2 N–H and O–H groups in total. The van der Waals surface area contributed by atoms with Gasteiger partial charge in [-0.2, -0.15) is 0 Å². The highest BCUT2D eigenvalue weighted by Crippen LogP contribution is 2.39. The van der Waals surface area contributed by atoms with Crippen LogP contribution in [0.1, 0.15) is 24.8 Å². The smallest absolute Gasteiger partial charge is 0.231 e. The molecule has 2 amide bonds. The predicted molar refractivity (Wildman–Crippen MR) is 77.2 cm³/mol. The highest BCUT2D eigenvalue weighted by Gasteiger charge is 2.48. The van der Waals surface area contributed by atoms with Gasteiger partial charge in [-0.05, 0) is 37.0 Å². The summed E-state index contributed by atoms with van der Waals surface area (Å²) < 4.78 is 10.6. The van der Waals surface area contributed by atoms with Crippen LogP contribution < -0.4 is 20.1 Å². The lowest BCUT2D eigenvalue weighted by molar-refractivity contribution is -0.127. The Bertz CT molecular complexity index is 627.